The number of halogens is 2. The zero-order valence-electron chi connectivity index (χ0n) is 15.0. The van der Waals surface area contributed by atoms with E-state index in [4.69, 9.17) is 9.47 Å². The van der Waals surface area contributed by atoms with Crippen molar-refractivity contribution in [1.82, 2.24) is 9.55 Å². The molecular weight excluding hydrogens is 429 g/mol. The number of amides is 1. The fraction of sp³-hybridized carbons (Fsp3) is 0.200. The summed E-state index contributed by atoms with van der Waals surface area (Å²) in [4.78, 5) is 16.5. The third-order valence-corrected chi connectivity index (χ3v) is 5.12. The van der Waals surface area contributed by atoms with Crippen molar-refractivity contribution in [3.05, 3.63) is 64.4 Å². The van der Waals surface area contributed by atoms with Crippen LogP contribution in [0, 0.1) is 12.7 Å². The van der Waals surface area contributed by atoms with E-state index in [2.05, 4.69) is 26.2 Å². The van der Waals surface area contributed by atoms with Crippen molar-refractivity contribution in [3.8, 4) is 17.2 Å². The first-order valence-corrected chi connectivity index (χ1v) is 9.48. The summed E-state index contributed by atoms with van der Waals surface area (Å²) in [5.41, 5.74) is 1.52. The zero-order valence-corrected chi connectivity index (χ0v) is 16.6. The van der Waals surface area contributed by atoms with Gasteiger partial charge in [0.2, 0.25) is 5.91 Å². The number of anilines is 1. The summed E-state index contributed by atoms with van der Waals surface area (Å²) in [5.74, 6) is 1.24. The number of carbonyl (C=O) groups excluding carboxylic acids is 1. The van der Waals surface area contributed by atoms with Gasteiger partial charge in [-0.2, -0.15) is 0 Å². The Morgan fingerprint density at radius 3 is 2.68 bits per heavy atom. The highest BCUT2D eigenvalue weighted by Gasteiger charge is 2.17. The molecule has 8 heteroatoms. The summed E-state index contributed by atoms with van der Waals surface area (Å²) in [6, 6.07) is 8.14. The second-order valence-corrected chi connectivity index (χ2v) is 7.18. The SMILES string of the molecule is Cc1nccn1-c1ccc(NC(=O)Cc2cc3c(cc2Br)OCCO3)cc1F. The number of nitrogens with one attached hydrogen (secondary N) is 1. The van der Waals surface area contributed by atoms with Crippen molar-refractivity contribution >= 4 is 27.5 Å². The van der Waals surface area contributed by atoms with Crippen molar-refractivity contribution < 1.29 is 18.7 Å². The Bertz CT molecular complexity index is 1050. The maximum atomic E-state index is 14.5. The van der Waals surface area contributed by atoms with Gasteiger partial charge in [-0.25, -0.2) is 9.37 Å². The number of aromatic nitrogens is 2. The quantitative estimate of drug-likeness (QED) is 0.658. The summed E-state index contributed by atoms with van der Waals surface area (Å²) in [6.45, 7) is 2.77. The molecule has 28 heavy (non-hydrogen) atoms. The lowest BCUT2D eigenvalue weighted by atomic mass is 10.1. The Morgan fingerprint density at radius 1 is 1.25 bits per heavy atom. The zero-order chi connectivity index (χ0) is 19.7. The second kappa shape index (κ2) is 7.63. The van der Waals surface area contributed by atoms with Gasteiger partial charge in [-0.15, -0.1) is 0 Å². The number of carbonyl (C=O) groups is 1. The molecule has 0 unspecified atom stereocenters. The maximum absolute atomic E-state index is 14.5. The van der Waals surface area contributed by atoms with E-state index in [0.717, 1.165) is 10.0 Å². The maximum Gasteiger partial charge on any atom is 0.228 e. The van der Waals surface area contributed by atoms with Gasteiger partial charge >= 0.3 is 0 Å². The summed E-state index contributed by atoms with van der Waals surface area (Å²) < 4.78 is 28.0. The van der Waals surface area contributed by atoms with Crippen molar-refractivity contribution in [3.63, 3.8) is 0 Å². The molecule has 0 saturated carbocycles. The highest BCUT2D eigenvalue weighted by atomic mass is 79.9. The molecule has 1 aliphatic rings. The van der Waals surface area contributed by atoms with Crippen LogP contribution in [0.5, 0.6) is 11.5 Å². The molecule has 2 heterocycles. The van der Waals surface area contributed by atoms with E-state index in [1.54, 1.807) is 48.1 Å². The summed E-state index contributed by atoms with van der Waals surface area (Å²) in [5, 5.41) is 2.73. The third kappa shape index (κ3) is 3.73. The van der Waals surface area contributed by atoms with E-state index < -0.39 is 5.82 Å². The molecule has 4 rings (SSSR count). The Hall–Kier alpha value is -2.87. The molecule has 0 fully saturated rings. The second-order valence-electron chi connectivity index (χ2n) is 6.32. The first-order chi connectivity index (χ1) is 13.5. The lowest BCUT2D eigenvalue weighted by Crippen LogP contribution is -2.17. The van der Waals surface area contributed by atoms with Gasteiger partial charge in [0, 0.05) is 22.6 Å². The van der Waals surface area contributed by atoms with Crippen LogP contribution in [0.15, 0.2) is 47.2 Å². The number of aryl methyl sites for hydroxylation is 1. The van der Waals surface area contributed by atoms with E-state index in [9.17, 15) is 9.18 Å². The molecular formula is C20H17BrFN3O3. The molecule has 1 N–H and O–H groups in total. The van der Waals surface area contributed by atoms with Crippen LogP contribution in [0.25, 0.3) is 5.69 Å². The molecule has 3 aromatic rings. The summed E-state index contributed by atoms with van der Waals surface area (Å²) in [7, 11) is 0. The highest BCUT2D eigenvalue weighted by molar-refractivity contribution is 9.10. The van der Waals surface area contributed by atoms with Crippen molar-refractivity contribution in [1.29, 1.82) is 0 Å². The van der Waals surface area contributed by atoms with Crippen molar-refractivity contribution in [2.24, 2.45) is 0 Å². The van der Waals surface area contributed by atoms with Gasteiger partial charge < -0.3 is 19.4 Å². The Balaban J connectivity index is 1.48. The molecule has 6 nitrogen and oxygen atoms in total. The molecule has 1 aromatic heterocycles. The van der Waals surface area contributed by atoms with Crippen LogP contribution in [0.1, 0.15) is 11.4 Å². The molecule has 0 saturated heterocycles. The van der Waals surface area contributed by atoms with Crippen LogP contribution in [0.2, 0.25) is 0 Å². The van der Waals surface area contributed by atoms with Crippen molar-refractivity contribution in [2.75, 3.05) is 18.5 Å². The number of ether oxygens (including phenoxy) is 2. The fourth-order valence-corrected chi connectivity index (χ4v) is 3.49. The van der Waals surface area contributed by atoms with Crippen LogP contribution in [-0.4, -0.2) is 28.7 Å². The minimum absolute atomic E-state index is 0.112. The monoisotopic (exact) mass is 445 g/mol. The molecule has 144 valence electrons. The average Bonchev–Trinajstić information content (AvgIpc) is 3.08. The lowest BCUT2D eigenvalue weighted by molar-refractivity contribution is -0.115. The fourth-order valence-electron chi connectivity index (χ4n) is 3.03. The van der Waals surface area contributed by atoms with Gasteiger partial charge in [0.25, 0.3) is 0 Å². The van der Waals surface area contributed by atoms with Gasteiger partial charge in [0.15, 0.2) is 11.5 Å². The standard InChI is InChI=1S/C20H17BrFN3O3/c1-12-23-4-5-25(12)17-3-2-14(10-16(17)22)24-20(26)9-13-8-18-19(11-15(13)21)28-7-6-27-18/h2-5,8,10-11H,6-7,9H2,1H3,(H,24,26). The first kappa shape index (κ1) is 18.5. The molecule has 1 amide bonds. The van der Waals surface area contributed by atoms with E-state index >= 15 is 0 Å². The summed E-state index contributed by atoms with van der Waals surface area (Å²) in [6.07, 6.45) is 3.41. The number of fused-ring (bicyclic) bond motifs is 1. The third-order valence-electron chi connectivity index (χ3n) is 4.38. The number of rotatable bonds is 4. The number of nitrogens with zero attached hydrogens (tertiary/aromatic N) is 2. The Kier molecular flexibility index (Phi) is 5.04. The van der Waals surface area contributed by atoms with Gasteiger partial charge in [-0.1, -0.05) is 15.9 Å². The molecule has 0 bridgehead atoms. The Labute approximate surface area is 169 Å². The topological polar surface area (TPSA) is 65.4 Å². The highest BCUT2D eigenvalue weighted by Crippen LogP contribution is 2.35. The van der Waals surface area contributed by atoms with E-state index in [-0.39, 0.29) is 12.3 Å². The predicted molar refractivity (Wildman–Crippen MR) is 106 cm³/mol. The van der Waals surface area contributed by atoms with Gasteiger partial charge in [-0.3, -0.25) is 4.79 Å². The van der Waals surface area contributed by atoms with Crippen LogP contribution < -0.4 is 14.8 Å². The number of imidazole rings is 1. The lowest BCUT2D eigenvalue weighted by Gasteiger charge is -2.19. The molecule has 0 atom stereocenters. The van der Waals surface area contributed by atoms with E-state index in [0.29, 0.717) is 41.9 Å². The minimum Gasteiger partial charge on any atom is -0.486 e. The molecule has 1 aliphatic heterocycles. The normalized spacial score (nSPS) is 12.7. The molecule has 0 radical (unpaired) electrons. The minimum atomic E-state index is -0.445. The van der Waals surface area contributed by atoms with Gasteiger partial charge in [0.1, 0.15) is 24.9 Å². The molecule has 2 aromatic carbocycles. The van der Waals surface area contributed by atoms with Crippen LogP contribution in [0.3, 0.4) is 0 Å². The van der Waals surface area contributed by atoms with E-state index in [1.165, 1.54) is 6.07 Å². The van der Waals surface area contributed by atoms with E-state index in [1.807, 2.05) is 0 Å². The van der Waals surface area contributed by atoms with Gasteiger partial charge in [0.05, 0.1) is 12.1 Å². The first-order valence-electron chi connectivity index (χ1n) is 8.69. The van der Waals surface area contributed by atoms with Crippen molar-refractivity contribution in [2.45, 2.75) is 13.3 Å². The smallest absolute Gasteiger partial charge is 0.228 e. The van der Waals surface area contributed by atoms with Crippen LogP contribution >= 0.6 is 15.9 Å². The van der Waals surface area contributed by atoms with Crippen LogP contribution in [-0.2, 0) is 11.2 Å². The Morgan fingerprint density at radius 2 is 2.00 bits per heavy atom. The largest absolute Gasteiger partial charge is 0.486 e. The van der Waals surface area contributed by atoms with Gasteiger partial charge in [-0.05, 0) is 42.8 Å². The predicted octanol–water partition coefficient (Wildman–Crippen LogP) is 4.03. The average molecular weight is 446 g/mol. The number of hydrogen-bond acceptors (Lipinski definition) is 4. The number of benzene rings is 2. The molecule has 0 aliphatic carbocycles. The summed E-state index contributed by atoms with van der Waals surface area (Å²) >= 11 is 3.46. The number of hydrogen-bond donors (Lipinski definition) is 1. The molecule has 0 spiro atoms. The van der Waals surface area contributed by atoms with Crippen LogP contribution in [0.4, 0.5) is 10.1 Å².